The van der Waals surface area contributed by atoms with Crippen molar-refractivity contribution in [2.45, 2.75) is 32.8 Å². The highest BCUT2D eigenvalue weighted by molar-refractivity contribution is 8.01. The summed E-state index contributed by atoms with van der Waals surface area (Å²) in [7, 11) is 0. The van der Waals surface area contributed by atoms with Crippen molar-refractivity contribution in [2.75, 3.05) is 31.1 Å². The van der Waals surface area contributed by atoms with Crippen LogP contribution in [0.25, 0.3) is 16.8 Å². The lowest BCUT2D eigenvalue weighted by Crippen LogP contribution is -2.25. The Morgan fingerprint density at radius 3 is 2.50 bits per heavy atom. The van der Waals surface area contributed by atoms with E-state index >= 15 is 0 Å². The first-order valence-corrected chi connectivity index (χ1v) is 10.5. The molecule has 1 unspecified atom stereocenters. The summed E-state index contributed by atoms with van der Waals surface area (Å²) in [5.41, 5.74) is 2.20. The molecule has 0 aliphatic heterocycles. The molecule has 0 aromatic heterocycles. The summed E-state index contributed by atoms with van der Waals surface area (Å²) in [5, 5.41) is 29.8. The molecule has 1 atom stereocenters. The molecule has 3 N–H and O–H groups in total. The molecule has 150 valence electrons. The molecule has 2 aromatic rings. The van der Waals surface area contributed by atoms with Crippen LogP contribution in [0.2, 0.25) is 0 Å². The second-order valence-corrected chi connectivity index (χ2v) is 7.62. The molecular weight excluding hydrogens is 370 g/mol. The number of hydrogen-bond donors (Lipinski definition) is 3. The lowest BCUT2D eigenvalue weighted by Gasteiger charge is -2.24. The maximum absolute atomic E-state index is 9.35. The fourth-order valence-electron chi connectivity index (χ4n) is 2.96. The lowest BCUT2D eigenvalue weighted by atomic mass is 10.1. The predicted molar refractivity (Wildman–Crippen MR) is 119 cm³/mol. The number of aliphatic hydroxyl groups is 2. The molecule has 6 heteroatoms. The van der Waals surface area contributed by atoms with Crippen molar-refractivity contribution in [2.24, 2.45) is 0 Å². The van der Waals surface area contributed by atoms with E-state index in [1.54, 1.807) is 0 Å². The van der Waals surface area contributed by atoms with Crippen LogP contribution in [0, 0.1) is 11.3 Å². The predicted octanol–water partition coefficient (Wildman–Crippen LogP) is 3.92. The van der Waals surface area contributed by atoms with Crippen LogP contribution in [-0.2, 0) is 0 Å². The van der Waals surface area contributed by atoms with Crippen molar-refractivity contribution >= 4 is 34.5 Å². The van der Waals surface area contributed by atoms with Gasteiger partial charge in [-0.2, -0.15) is 5.26 Å². The molecule has 0 heterocycles. The van der Waals surface area contributed by atoms with Crippen LogP contribution >= 0.6 is 11.9 Å². The fourth-order valence-corrected chi connectivity index (χ4v) is 3.64. The monoisotopic (exact) mass is 399 g/mol. The number of anilines is 1. The highest BCUT2D eigenvalue weighted by atomic mass is 32.2. The van der Waals surface area contributed by atoms with Gasteiger partial charge in [-0.1, -0.05) is 32.0 Å². The van der Waals surface area contributed by atoms with E-state index in [4.69, 9.17) is 5.11 Å². The van der Waals surface area contributed by atoms with Gasteiger partial charge >= 0.3 is 0 Å². The molecule has 0 fully saturated rings. The van der Waals surface area contributed by atoms with E-state index in [1.165, 1.54) is 11.1 Å². The van der Waals surface area contributed by atoms with E-state index in [9.17, 15) is 10.4 Å². The third kappa shape index (κ3) is 6.54. The van der Waals surface area contributed by atoms with Crippen LogP contribution < -0.4 is 9.62 Å². The zero-order chi connectivity index (χ0) is 20.4. The largest absolute Gasteiger partial charge is 0.394 e. The summed E-state index contributed by atoms with van der Waals surface area (Å²) < 4.78 is 2.90. The Bertz CT molecular complexity index is 826. The molecule has 5 nitrogen and oxygen atoms in total. The summed E-state index contributed by atoms with van der Waals surface area (Å²) in [6.07, 6.45) is 3.23. The molecule has 2 rings (SSSR count). The van der Waals surface area contributed by atoms with Gasteiger partial charge in [0, 0.05) is 25.3 Å². The molecule has 0 bridgehead atoms. The SMILES string of the molecule is CCCN(CCC)c1ccc2cc(/C=C(\C#N)SNCC(O)CO)ccc2c1. The number of rotatable bonds is 11. The van der Waals surface area contributed by atoms with Gasteiger partial charge in [0.15, 0.2) is 0 Å². The minimum absolute atomic E-state index is 0.215. The van der Waals surface area contributed by atoms with Crippen molar-refractivity contribution < 1.29 is 10.2 Å². The summed E-state index contributed by atoms with van der Waals surface area (Å²) in [6, 6.07) is 14.9. The van der Waals surface area contributed by atoms with E-state index < -0.39 is 6.10 Å². The number of hydrogen-bond acceptors (Lipinski definition) is 6. The summed E-state index contributed by atoms with van der Waals surface area (Å²) in [6.45, 7) is 6.42. The van der Waals surface area contributed by atoms with Gasteiger partial charge in [-0.25, -0.2) is 0 Å². The Kier molecular flexibility index (Phi) is 9.32. The smallest absolute Gasteiger partial charge is 0.107 e. The minimum atomic E-state index is -0.831. The molecule has 0 amide bonds. The maximum atomic E-state index is 9.35. The van der Waals surface area contributed by atoms with Crippen molar-refractivity contribution in [1.82, 2.24) is 4.72 Å². The first-order valence-electron chi connectivity index (χ1n) is 9.70. The summed E-state index contributed by atoms with van der Waals surface area (Å²) >= 11 is 1.15. The highest BCUT2D eigenvalue weighted by Crippen LogP contribution is 2.25. The van der Waals surface area contributed by atoms with Gasteiger partial charge in [0.05, 0.1) is 12.7 Å². The van der Waals surface area contributed by atoms with Crippen LogP contribution in [0.4, 0.5) is 5.69 Å². The Balaban J connectivity index is 2.16. The molecule has 0 aliphatic carbocycles. The van der Waals surface area contributed by atoms with Gasteiger partial charge in [-0.05, 0) is 65.4 Å². The van der Waals surface area contributed by atoms with Crippen molar-refractivity contribution in [1.29, 1.82) is 5.26 Å². The fraction of sp³-hybridized carbons (Fsp3) is 0.409. The van der Waals surface area contributed by atoms with E-state index in [-0.39, 0.29) is 13.2 Å². The quantitative estimate of drug-likeness (QED) is 0.393. The average molecular weight is 400 g/mol. The summed E-state index contributed by atoms with van der Waals surface area (Å²) in [5.74, 6) is 0. The normalized spacial score (nSPS) is 12.8. The molecule has 28 heavy (non-hydrogen) atoms. The zero-order valence-corrected chi connectivity index (χ0v) is 17.4. The van der Waals surface area contributed by atoms with Crippen molar-refractivity contribution in [3.05, 3.63) is 46.9 Å². The Morgan fingerprint density at radius 2 is 1.86 bits per heavy atom. The van der Waals surface area contributed by atoms with E-state index in [0.717, 1.165) is 48.8 Å². The number of nitrogens with one attached hydrogen (secondary N) is 1. The van der Waals surface area contributed by atoms with Crippen LogP contribution in [0.15, 0.2) is 41.3 Å². The number of aliphatic hydroxyl groups excluding tert-OH is 2. The molecule has 0 aliphatic rings. The standard InChI is InChI=1S/C22H29N3O2S/c1-3-9-25(10-4-2)20-8-7-18-11-17(5-6-19(18)13-20)12-22(14-23)28-24-15-21(27)16-26/h5-8,11-13,21,24,26-27H,3-4,9-10,15-16H2,1-2H3/b22-12+. The summed E-state index contributed by atoms with van der Waals surface area (Å²) in [4.78, 5) is 2.92. The third-order valence-corrected chi connectivity index (χ3v) is 5.06. The number of benzene rings is 2. The van der Waals surface area contributed by atoms with Gasteiger partial charge in [0.2, 0.25) is 0 Å². The van der Waals surface area contributed by atoms with E-state index in [1.807, 2.05) is 12.1 Å². The minimum Gasteiger partial charge on any atom is -0.394 e. The molecule has 0 radical (unpaired) electrons. The molecule has 0 spiro atoms. The maximum Gasteiger partial charge on any atom is 0.107 e. The van der Waals surface area contributed by atoms with Gasteiger partial charge < -0.3 is 15.1 Å². The lowest BCUT2D eigenvalue weighted by molar-refractivity contribution is 0.0994. The second-order valence-electron chi connectivity index (χ2n) is 6.69. The van der Waals surface area contributed by atoms with Crippen LogP contribution in [0.5, 0.6) is 0 Å². The van der Waals surface area contributed by atoms with Crippen molar-refractivity contribution in [3.8, 4) is 6.07 Å². The van der Waals surface area contributed by atoms with Gasteiger partial charge in [0.25, 0.3) is 0 Å². The third-order valence-electron chi connectivity index (χ3n) is 4.32. The molecule has 2 aromatic carbocycles. The zero-order valence-electron chi connectivity index (χ0n) is 16.6. The van der Waals surface area contributed by atoms with Crippen molar-refractivity contribution in [3.63, 3.8) is 0 Å². The van der Waals surface area contributed by atoms with E-state index in [2.05, 4.69) is 59.9 Å². The Hall–Kier alpha value is -2.04. The highest BCUT2D eigenvalue weighted by Gasteiger charge is 2.07. The van der Waals surface area contributed by atoms with Crippen LogP contribution in [-0.4, -0.2) is 42.6 Å². The van der Waals surface area contributed by atoms with Crippen LogP contribution in [0.1, 0.15) is 32.3 Å². The first kappa shape index (κ1) is 22.3. The molecular formula is C22H29N3O2S. The second kappa shape index (κ2) is 11.7. The van der Waals surface area contributed by atoms with Gasteiger partial charge in [-0.15, -0.1) is 0 Å². The number of allylic oxidation sites excluding steroid dienone is 1. The van der Waals surface area contributed by atoms with Crippen LogP contribution in [0.3, 0.4) is 0 Å². The molecule has 0 saturated heterocycles. The van der Waals surface area contributed by atoms with Gasteiger partial charge in [-0.3, -0.25) is 4.72 Å². The topological polar surface area (TPSA) is 79.5 Å². The Morgan fingerprint density at radius 1 is 1.18 bits per heavy atom. The van der Waals surface area contributed by atoms with Gasteiger partial charge in [0.1, 0.15) is 11.0 Å². The first-order chi connectivity index (χ1) is 13.6. The average Bonchev–Trinajstić information content (AvgIpc) is 2.72. The Labute approximate surface area is 171 Å². The number of nitrogens with zero attached hydrogens (tertiary/aromatic N) is 2. The number of fused-ring (bicyclic) bond motifs is 1. The number of nitriles is 1. The molecule has 0 saturated carbocycles. The van der Waals surface area contributed by atoms with E-state index in [0.29, 0.717) is 4.91 Å².